The summed E-state index contributed by atoms with van der Waals surface area (Å²) in [5, 5.41) is 17.2. The van der Waals surface area contributed by atoms with Crippen LogP contribution in [0.2, 0.25) is 0 Å². The number of hydrogen-bond donors (Lipinski definition) is 2. The first-order valence-corrected chi connectivity index (χ1v) is 5.64. The molecule has 0 unspecified atom stereocenters. The number of hydrogen-bond acceptors (Lipinski definition) is 3. The van der Waals surface area contributed by atoms with Crippen molar-refractivity contribution in [1.29, 1.82) is 0 Å². The maximum Gasteiger partial charge on any atom is 0.120 e. The van der Waals surface area contributed by atoms with Gasteiger partial charge in [-0.2, -0.15) is 5.10 Å². The number of nitrogens with one attached hydrogen (secondary N) is 1. The van der Waals surface area contributed by atoms with E-state index in [1.165, 1.54) is 0 Å². The number of aromatic hydroxyl groups is 1. The number of phenolic OH excluding ortho intramolecular Hbond substituents is 1. The van der Waals surface area contributed by atoms with Crippen LogP contribution >= 0.6 is 0 Å². The van der Waals surface area contributed by atoms with Gasteiger partial charge in [0, 0.05) is 25.7 Å². The SMILES string of the molecule is Cc1cc(CNCc2ccccc2O)n(C)n1. The van der Waals surface area contributed by atoms with Crippen molar-refractivity contribution in [3.8, 4) is 5.75 Å². The Hall–Kier alpha value is -1.81. The van der Waals surface area contributed by atoms with Gasteiger partial charge in [0.25, 0.3) is 0 Å². The molecule has 0 fully saturated rings. The van der Waals surface area contributed by atoms with Gasteiger partial charge in [-0.3, -0.25) is 4.68 Å². The lowest BCUT2D eigenvalue weighted by Crippen LogP contribution is -2.15. The fourth-order valence-electron chi connectivity index (χ4n) is 1.82. The van der Waals surface area contributed by atoms with E-state index in [0.717, 1.165) is 23.5 Å². The molecule has 0 spiro atoms. The van der Waals surface area contributed by atoms with Crippen LogP contribution in [0.5, 0.6) is 5.75 Å². The summed E-state index contributed by atoms with van der Waals surface area (Å²) in [4.78, 5) is 0. The molecule has 2 rings (SSSR count). The second-order valence-corrected chi connectivity index (χ2v) is 4.13. The summed E-state index contributed by atoms with van der Waals surface area (Å²) >= 11 is 0. The highest BCUT2D eigenvalue weighted by Crippen LogP contribution is 2.15. The van der Waals surface area contributed by atoms with Gasteiger partial charge in [0.05, 0.1) is 11.4 Å². The lowest BCUT2D eigenvalue weighted by molar-refractivity contribution is 0.464. The van der Waals surface area contributed by atoms with Crippen molar-refractivity contribution in [2.24, 2.45) is 7.05 Å². The Bertz CT molecular complexity index is 505. The van der Waals surface area contributed by atoms with E-state index in [9.17, 15) is 5.11 Å². The van der Waals surface area contributed by atoms with E-state index >= 15 is 0 Å². The molecule has 0 aliphatic heterocycles. The van der Waals surface area contributed by atoms with Crippen LogP contribution in [0.1, 0.15) is 17.0 Å². The van der Waals surface area contributed by atoms with E-state index < -0.39 is 0 Å². The first-order valence-electron chi connectivity index (χ1n) is 5.64. The van der Waals surface area contributed by atoms with Crippen LogP contribution in [0, 0.1) is 6.92 Å². The van der Waals surface area contributed by atoms with Crippen LogP contribution in [0.25, 0.3) is 0 Å². The van der Waals surface area contributed by atoms with Crippen molar-refractivity contribution >= 4 is 0 Å². The van der Waals surface area contributed by atoms with Crippen molar-refractivity contribution in [1.82, 2.24) is 15.1 Å². The molecule has 1 heterocycles. The van der Waals surface area contributed by atoms with Crippen molar-refractivity contribution < 1.29 is 5.11 Å². The van der Waals surface area contributed by atoms with E-state index in [2.05, 4.69) is 16.5 Å². The van der Waals surface area contributed by atoms with Crippen molar-refractivity contribution in [3.05, 3.63) is 47.3 Å². The predicted octanol–water partition coefficient (Wildman–Crippen LogP) is 1.72. The van der Waals surface area contributed by atoms with Gasteiger partial charge >= 0.3 is 0 Å². The van der Waals surface area contributed by atoms with E-state index in [0.29, 0.717) is 12.3 Å². The van der Waals surface area contributed by atoms with E-state index in [1.807, 2.05) is 36.9 Å². The highest BCUT2D eigenvalue weighted by molar-refractivity contribution is 5.31. The van der Waals surface area contributed by atoms with E-state index in [-0.39, 0.29) is 0 Å². The molecule has 17 heavy (non-hydrogen) atoms. The van der Waals surface area contributed by atoms with Crippen LogP contribution in [0.4, 0.5) is 0 Å². The molecule has 90 valence electrons. The average molecular weight is 231 g/mol. The maximum absolute atomic E-state index is 9.61. The Morgan fingerprint density at radius 2 is 2.06 bits per heavy atom. The van der Waals surface area contributed by atoms with Gasteiger partial charge in [-0.1, -0.05) is 18.2 Å². The molecule has 4 nitrogen and oxygen atoms in total. The summed E-state index contributed by atoms with van der Waals surface area (Å²) in [6.07, 6.45) is 0. The summed E-state index contributed by atoms with van der Waals surface area (Å²) in [7, 11) is 1.93. The number of phenols is 1. The Morgan fingerprint density at radius 1 is 1.29 bits per heavy atom. The summed E-state index contributed by atoms with van der Waals surface area (Å²) < 4.78 is 1.87. The third-order valence-electron chi connectivity index (χ3n) is 2.71. The van der Waals surface area contributed by atoms with Gasteiger partial charge < -0.3 is 10.4 Å². The standard InChI is InChI=1S/C13H17N3O/c1-10-7-12(16(2)15-10)9-14-8-11-5-3-4-6-13(11)17/h3-7,14,17H,8-9H2,1-2H3. The van der Waals surface area contributed by atoms with Gasteiger partial charge in [-0.25, -0.2) is 0 Å². The fourth-order valence-corrected chi connectivity index (χ4v) is 1.82. The van der Waals surface area contributed by atoms with Crippen molar-refractivity contribution in [2.75, 3.05) is 0 Å². The first kappa shape index (κ1) is 11.7. The topological polar surface area (TPSA) is 50.1 Å². The number of aromatic nitrogens is 2. The smallest absolute Gasteiger partial charge is 0.120 e. The van der Waals surface area contributed by atoms with Gasteiger partial charge in [0.15, 0.2) is 0 Å². The molecule has 0 radical (unpaired) electrons. The predicted molar refractivity (Wildman–Crippen MR) is 66.6 cm³/mol. The van der Waals surface area contributed by atoms with Crippen molar-refractivity contribution in [2.45, 2.75) is 20.0 Å². The number of para-hydroxylation sites is 1. The molecule has 0 saturated heterocycles. The van der Waals surface area contributed by atoms with E-state index in [4.69, 9.17) is 0 Å². The summed E-state index contributed by atoms with van der Waals surface area (Å²) in [6, 6.07) is 9.41. The van der Waals surface area contributed by atoms with Gasteiger partial charge in [0.1, 0.15) is 5.75 Å². The minimum atomic E-state index is 0.334. The minimum absolute atomic E-state index is 0.334. The van der Waals surface area contributed by atoms with Crippen LogP contribution in [-0.4, -0.2) is 14.9 Å². The molecule has 0 bridgehead atoms. The number of rotatable bonds is 4. The molecule has 1 aromatic heterocycles. The Labute approximate surface area is 101 Å². The molecular weight excluding hydrogens is 214 g/mol. The van der Waals surface area contributed by atoms with Crippen LogP contribution in [0.3, 0.4) is 0 Å². The number of nitrogens with zero attached hydrogens (tertiary/aromatic N) is 2. The molecular formula is C13H17N3O. The average Bonchev–Trinajstić information content (AvgIpc) is 2.60. The summed E-state index contributed by atoms with van der Waals surface area (Å²) in [5.74, 6) is 0.334. The summed E-state index contributed by atoms with van der Waals surface area (Å²) in [5.41, 5.74) is 3.07. The highest BCUT2D eigenvalue weighted by atomic mass is 16.3. The lowest BCUT2D eigenvalue weighted by Gasteiger charge is -2.06. The second kappa shape index (κ2) is 5.01. The lowest BCUT2D eigenvalue weighted by atomic mass is 10.2. The first-order chi connectivity index (χ1) is 8.16. The number of benzene rings is 1. The third kappa shape index (κ3) is 2.85. The molecule has 1 aromatic carbocycles. The minimum Gasteiger partial charge on any atom is -0.508 e. The van der Waals surface area contributed by atoms with Crippen molar-refractivity contribution in [3.63, 3.8) is 0 Å². The quantitative estimate of drug-likeness (QED) is 0.842. The summed E-state index contributed by atoms with van der Waals surface area (Å²) in [6.45, 7) is 3.37. The van der Waals surface area contributed by atoms with Crippen LogP contribution in [-0.2, 0) is 20.1 Å². The zero-order valence-electron chi connectivity index (χ0n) is 10.1. The van der Waals surface area contributed by atoms with Gasteiger partial charge in [0.2, 0.25) is 0 Å². The Morgan fingerprint density at radius 3 is 2.71 bits per heavy atom. The maximum atomic E-state index is 9.61. The highest BCUT2D eigenvalue weighted by Gasteiger charge is 2.02. The Kier molecular flexibility index (Phi) is 3.44. The molecule has 0 saturated carbocycles. The second-order valence-electron chi connectivity index (χ2n) is 4.13. The monoisotopic (exact) mass is 231 g/mol. The largest absolute Gasteiger partial charge is 0.508 e. The van der Waals surface area contributed by atoms with Crippen LogP contribution in [0.15, 0.2) is 30.3 Å². The molecule has 0 aliphatic carbocycles. The zero-order chi connectivity index (χ0) is 12.3. The van der Waals surface area contributed by atoms with Gasteiger partial charge in [-0.05, 0) is 19.1 Å². The molecule has 0 aliphatic rings. The molecule has 0 amide bonds. The zero-order valence-corrected chi connectivity index (χ0v) is 10.1. The molecule has 0 atom stereocenters. The van der Waals surface area contributed by atoms with E-state index in [1.54, 1.807) is 6.07 Å². The van der Waals surface area contributed by atoms with Gasteiger partial charge in [-0.15, -0.1) is 0 Å². The molecule has 4 heteroatoms. The molecule has 2 aromatic rings. The number of aryl methyl sites for hydroxylation is 2. The molecule has 2 N–H and O–H groups in total. The normalized spacial score (nSPS) is 10.7. The fraction of sp³-hybridized carbons (Fsp3) is 0.308. The third-order valence-corrected chi connectivity index (χ3v) is 2.71. The van der Waals surface area contributed by atoms with Crippen LogP contribution < -0.4 is 5.32 Å². The Balaban J connectivity index is 1.92.